The van der Waals surface area contributed by atoms with Crippen LogP contribution in [0.25, 0.3) is 0 Å². The summed E-state index contributed by atoms with van der Waals surface area (Å²) in [6.07, 6.45) is 0. The highest BCUT2D eigenvalue weighted by Gasteiger charge is 2.45. The Morgan fingerprint density at radius 2 is 2.06 bits per heavy atom. The van der Waals surface area contributed by atoms with Crippen LogP contribution in [0.15, 0.2) is 30.3 Å². The summed E-state index contributed by atoms with van der Waals surface area (Å²) in [5.74, 6) is 0.790. The zero-order valence-corrected chi connectivity index (χ0v) is 10.0. The second-order valence-corrected chi connectivity index (χ2v) is 4.98. The number of fused-ring (bicyclic) bond motifs is 1. The molecule has 0 spiro atoms. The van der Waals surface area contributed by atoms with Crippen molar-refractivity contribution in [2.24, 2.45) is 11.8 Å². The van der Waals surface area contributed by atoms with E-state index in [9.17, 15) is 4.79 Å². The van der Waals surface area contributed by atoms with Crippen LogP contribution in [0.2, 0.25) is 0 Å². The highest BCUT2D eigenvalue weighted by Crippen LogP contribution is 2.35. The molecule has 90 valence electrons. The lowest BCUT2D eigenvalue weighted by Crippen LogP contribution is -2.31. The van der Waals surface area contributed by atoms with Crippen molar-refractivity contribution in [1.29, 1.82) is 0 Å². The number of benzene rings is 1. The average molecular weight is 231 g/mol. The minimum absolute atomic E-state index is 0.112. The van der Waals surface area contributed by atoms with Crippen LogP contribution in [0.4, 0.5) is 0 Å². The molecule has 3 nitrogen and oxygen atoms in total. The fraction of sp³-hybridized carbons (Fsp3) is 0.500. The summed E-state index contributed by atoms with van der Waals surface area (Å²) in [5, 5.41) is 0. The molecule has 3 atom stereocenters. The number of nitrogens with zero attached hydrogens (tertiary/aromatic N) is 1. The van der Waals surface area contributed by atoms with Gasteiger partial charge in [-0.2, -0.15) is 0 Å². The highest BCUT2D eigenvalue weighted by atomic mass is 16.5. The third-order valence-electron chi connectivity index (χ3n) is 3.98. The molecule has 2 saturated heterocycles. The Morgan fingerprint density at radius 1 is 1.29 bits per heavy atom. The quantitative estimate of drug-likeness (QED) is 0.777. The standard InChI is InChI=1S/C14H17NO2/c1-10(11-5-3-2-4-6-11)15-7-12-8-17-9-13(12)14(15)16/h2-6,10,12-13H,7-9H2,1H3/t10-,12+,13?/m1/s1. The van der Waals surface area contributed by atoms with Crippen LogP contribution in [0, 0.1) is 11.8 Å². The van der Waals surface area contributed by atoms with Crippen molar-refractivity contribution in [3.63, 3.8) is 0 Å². The molecule has 1 amide bonds. The van der Waals surface area contributed by atoms with Gasteiger partial charge in [-0.3, -0.25) is 4.79 Å². The molecule has 17 heavy (non-hydrogen) atoms. The first-order valence-electron chi connectivity index (χ1n) is 6.20. The van der Waals surface area contributed by atoms with Crippen molar-refractivity contribution >= 4 is 5.91 Å². The molecule has 0 aliphatic carbocycles. The highest BCUT2D eigenvalue weighted by molar-refractivity contribution is 5.82. The summed E-state index contributed by atoms with van der Waals surface area (Å²) >= 11 is 0. The molecular formula is C14H17NO2. The van der Waals surface area contributed by atoms with Crippen molar-refractivity contribution in [3.8, 4) is 0 Å². The third kappa shape index (κ3) is 1.75. The molecule has 2 aliphatic rings. The van der Waals surface area contributed by atoms with E-state index in [2.05, 4.69) is 19.1 Å². The Bertz CT molecular complexity index is 417. The number of ether oxygens (including phenoxy) is 1. The molecule has 1 aromatic rings. The molecule has 3 heteroatoms. The van der Waals surface area contributed by atoms with Crippen LogP contribution < -0.4 is 0 Å². The van der Waals surface area contributed by atoms with E-state index < -0.39 is 0 Å². The summed E-state index contributed by atoms with van der Waals surface area (Å²) in [5.41, 5.74) is 1.21. The van der Waals surface area contributed by atoms with Crippen LogP contribution >= 0.6 is 0 Å². The van der Waals surface area contributed by atoms with E-state index in [1.54, 1.807) is 0 Å². The minimum Gasteiger partial charge on any atom is -0.380 e. The lowest BCUT2D eigenvalue weighted by atomic mass is 10.0. The van der Waals surface area contributed by atoms with E-state index in [1.807, 2.05) is 23.1 Å². The Balaban J connectivity index is 1.80. The first-order valence-corrected chi connectivity index (χ1v) is 6.20. The number of likely N-dealkylation sites (tertiary alicyclic amines) is 1. The van der Waals surface area contributed by atoms with E-state index >= 15 is 0 Å². The molecule has 0 saturated carbocycles. The summed E-state index contributed by atoms with van der Waals surface area (Å²) in [7, 11) is 0. The van der Waals surface area contributed by atoms with Gasteiger partial charge < -0.3 is 9.64 Å². The smallest absolute Gasteiger partial charge is 0.228 e. The number of carbonyl (C=O) groups excluding carboxylic acids is 1. The zero-order valence-electron chi connectivity index (χ0n) is 10.0. The van der Waals surface area contributed by atoms with Crippen molar-refractivity contribution in [2.75, 3.05) is 19.8 Å². The Morgan fingerprint density at radius 3 is 2.76 bits per heavy atom. The van der Waals surface area contributed by atoms with Crippen molar-refractivity contribution in [3.05, 3.63) is 35.9 Å². The van der Waals surface area contributed by atoms with Gasteiger partial charge in [-0.1, -0.05) is 30.3 Å². The van der Waals surface area contributed by atoms with Gasteiger partial charge in [0.15, 0.2) is 0 Å². The van der Waals surface area contributed by atoms with E-state index in [-0.39, 0.29) is 17.9 Å². The number of rotatable bonds is 2. The van der Waals surface area contributed by atoms with E-state index in [4.69, 9.17) is 4.74 Å². The predicted octanol–water partition coefficient (Wildman–Crippen LogP) is 1.85. The monoisotopic (exact) mass is 231 g/mol. The Hall–Kier alpha value is -1.35. The zero-order chi connectivity index (χ0) is 11.8. The molecule has 1 unspecified atom stereocenters. The molecule has 2 fully saturated rings. The summed E-state index contributed by atoms with van der Waals surface area (Å²) < 4.78 is 5.37. The third-order valence-corrected chi connectivity index (χ3v) is 3.98. The molecular weight excluding hydrogens is 214 g/mol. The molecule has 0 bridgehead atoms. The Labute approximate surface area is 101 Å². The molecule has 0 radical (unpaired) electrons. The summed E-state index contributed by atoms with van der Waals surface area (Å²) in [6.45, 7) is 4.31. The van der Waals surface area contributed by atoms with Gasteiger partial charge in [-0.05, 0) is 12.5 Å². The minimum atomic E-state index is 0.112. The largest absolute Gasteiger partial charge is 0.380 e. The Kier molecular flexibility index (Phi) is 2.63. The number of amides is 1. The maximum absolute atomic E-state index is 12.2. The normalized spacial score (nSPS) is 29.5. The van der Waals surface area contributed by atoms with Crippen molar-refractivity contribution < 1.29 is 9.53 Å². The lowest BCUT2D eigenvalue weighted by Gasteiger charge is -2.26. The predicted molar refractivity (Wildman–Crippen MR) is 64.4 cm³/mol. The average Bonchev–Trinajstić information content (AvgIpc) is 2.93. The number of hydrogen-bond acceptors (Lipinski definition) is 2. The topological polar surface area (TPSA) is 29.5 Å². The fourth-order valence-corrected chi connectivity index (χ4v) is 2.87. The van der Waals surface area contributed by atoms with E-state index in [0.717, 1.165) is 13.2 Å². The second-order valence-electron chi connectivity index (χ2n) is 4.98. The van der Waals surface area contributed by atoms with Crippen LogP contribution in [0.5, 0.6) is 0 Å². The van der Waals surface area contributed by atoms with Crippen molar-refractivity contribution in [2.45, 2.75) is 13.0 Å². The van der Waals surface area contributed by atoms with Gasteiger partial charge in [0.2, 0.25) is 5.91 Å². The molecule has 3 rings (SSSR count). The van der Waals surface area contributed by atoms with Crippen LogP contribution in [-0.2, 0) is 9.53 Å². The first kappa shape index (κ1) is 10.8. The SMILES string of the molecule is C[C@H](c1ccccc1)N1C[C@H]2COCC2C1=O. The van der Waals surface area contributed by atoms with Gasteiger partial charge in [0.25, 0.3) is 0 Å². The molecule has 2 heterocycles. The number of carbonyl (C=O) groups is 1. The second kappa shape index (κ2) is 4.15. The molecule has 0 N–H and O–H groups in total. The van der Waals surface area contributed by atoms with Crippen LogP contribution in [0.3, 0.4) is 0 Å². The first-order chi connectivity index (χ1) is 8.27. The van der Waals surface area contributed by atoms with Gasteiger partial charge in [0.05, 0.1) is 25.2 Å². The van der Waals surface area contributed by atoms with Gasteiger partial charge >= 0.3 is 0 Å². The van der Waals surface area contributed by atoms with Crippen LogP contribution in [0.1, 0.15) is 18.5 Å². The van der Waals surface area contributed by atoms with Crippen LogP contribution in [-0.4, -0.2) is 30.6 Å². The fourth-order valence-electron chi connectivity index (χ4n) is 2.87. The van der Waals surface area contributed by atoms with Gasteiger partial charge in [-0.25, -0.2) is 0 Å². The van der Waals surface area contributed by atoms with Crippen molar-refractivity contribution in [1.82, 2.24) is 4.90 Å². The lowest BCUT2D eigenvalue weighted by molar-refractivity contribution is -0.133. The number of hydrogen-bond donors (Lipinski definition) is 0. The maximum atomic E-state index is 12.2. The maximum Gasteiger partial charge on any atom is 0.228 e. The molecule has 1 aromatic carbocycles. The summed E-state index contributed by atoms with van der Waals surface area (Å²) in [4.78, 5) is 14.3. The van der Waals surface area contributed by atoms with Gasteiger partial charge in [-0.15, -0.1) is 0 Å². The summed E-state index contributed by atoms with van der Waals surface area (Å²) in [6, 6.07) is 10.4. The molecule has 2 aliphatic heterocycles. The van der Waals surface area contributed by atoms with E-state index in [1.165, 1.54) is 5.56 Å². The van der Waals surface area contributed by atoms with Gasteiger partial charge in [0, 0.05) is 12.5 Å². The van der Waals surface area contributed by atoms with E-state index in [0.29, 0.717) is 12.5 Å². The molecule has 0 aromatic heterocycles. The van der Waals surface area contributed by atoms with Gasteiger partial charge in [0.1, 0.15) is 0 Å².